The van der Waals surface area contributed by atoms with Gasteiger partial charge in [-0.15, -0.1) is 0 Å². The summed E-state index contributed by atoms with van der Waals surface area (Å²) in [6.45, 7) is 4.59. The fourth-order valence-electron chi connectivity index (χ4n) is 3.14. The van der Waals surface area contributed by atoms with Gasteiger partial charge in [0.1, 0.15) is 30.0 Å². The Morgan fingerprint density at radius 3 is 2.45 bits per heavy atom. The Morgan fingerprint density at radius 2 is 1.69 bits per heavy atom. The lowest BCUT2D eigenvalue weighted by molar-refractivity contribution is 0.306. The molecule has 0 spiro atoms. The molecule has 0 N–H and O–H groups in total. The lowest BCUT2D eigenvalue weighted by Gasteiger charge is -2.09. The minimum Gasteiger partial charge on any atom is -0.489 e. The number of hydrogen-bond donors (Lipinski definition) is 0. The number of hydrogen-bond acceptors (Lipinski definition) is 4. The second-order valence-corrected chi connectivity index (χ2v) is 6.96. The van der Waals surface area contributed by atoms with Gasteiger partial charge in [0.2, 0.25) is 11.2 Å². The summed E-state index contributed by atoms with van der Waals surface area (Å²) in [4.78, 5) is 12.8. The van der Waals surface area contributed by atoms with E-state index in [1.165, 1.54) is 17.4 Å². The topological polar surface area (TPSA) is 48.7 Å². The lowest BCUT2D eigenvalue weighted by Crippen LogP contribution is -2.05. The first-order chi connectivity index (χ1) is 14.1. The van der Waals surface area contributed by atoms with Crippen molar-refractivity contribution in [3.05, 3.63) is 99.9 Å². The van der Waals surface area contributed by atoms with Crippen LogP contribution in [0.3, 0.4) is 0 Å². The molecule has 4 heteroatoms. The van der Waals surface area contributed by atoms with E-state index < -0.39 is 0 Å². The van der Waals surface area contributed by atoms with E-state index in [9.17, 15) is 4.79 Å². The van der Waals surface area contributed by atoms with Crippen molar-refractivity contribution in [1.82, 2.24) is 0 Å². The van der Waals surface area contributed by atoms with Crippen molar-refractivity contribution in [3.63, 3.8) is 0 Å². The molecule has 0 amide bonds. The molecular formula is C25H22O4. The maximum absolute atomic E-state index is 12.8. The van der Waals surface area contributed by atoms with Crippen LogP contribution in [-0.4, -0.2) is 0 Å². The Morgan fingerprint density at radius 1 is 0.897 bits per heavy atom. The highest BCUT2D eigenvalue weighted by molar-refractivity contribution is 5.79. The predicted octanol–water partition coefficient (Wildman–Crippen LogP) is 6.04. The van der Waals surface area contributed by atoms with Crippen molar-refractivity contribution < 1.29 is 13.9 Å². The van der Waals surface area contributed by atoms with E-state index in [1.807, 2.05) is 49.4 Å². The summed E-state index contributed by atoms with van der Waals surface area (Å²) < 4.78 is 17.2. The summed E-state index contributed by atoms with van der Waals surface area (Å²) in [6, 6.07) is 21.0. The molecule has 0 unspecified atom stereocenters. The summed E-state index contributed by atoms with van der Waals surface area (Å²) in [6.07, 6.45) is 2.30. The zero-order valence-corrected chi connectivity index (χ0v) is 16.5. The molecule has 0 fully saturated rings. The highest BCUT2D eigenvalue weighted by Gasteiger charge is 2.10. The molecule has 0 radical (unpaired) electrons. The van der Waals surface area contributed by atoms with Gasteiger partial charge < -0.3 is 13.9 Å². The van der Waals surface area contributed by atoms with Gasteiger partial charge in [0.25, 0.3) is 0 Å². The second-order valence-electron chi connectivity index (χ2n) is 6.96. The summed E-state index contributed by atoms with van der Waals surface area (Å²) in [7, 11) is 0. The number of ether oxygens (including phenoxy) is 2. The largest absolute Gasteiger partial charge is 0.489 e. The van der Waals surface area contributed by atoms with E-state index in [0.717, 1.165) is 12.0 Å². The molecular weight excluding hydrogens is 364 g/mol. The first-order valence-corrected chi connectivity index (χ1v) is 9.63. The molecule has 0 bridgehead atoms. The van der Waals surface area contributed by atoms with Gasteiger partial charge in [-0.05, 0) is 48.7 Å². The van der Waals surface area contributed by atoms with Crippen molar-refractivity contribution in [1.29, 1.82) is 0 Å². The standard InChI is InChI=1S/C25H22O4/c1-3-18-7-9-20(10-8-18)29-24-16-28-23-14-21(11-12-22(23)25(24)26)27-15-19-6-4-5-17(2)13-19/h4-14,16H,3,15H2,1-2H3. The number of aryl methyl sites for hydroxylation is 2. The van der Waals surface area contributed by atoms with E-state index in [1.54, 1.807) is 18.2 Å². The van der Waals surface area contributed by atoms with E-state index in [4.69, 9.17) is 13.9 Å². The van der Waals surface area contributed by atoms with Gasteiger partial charge in [-0.3, -0.25) is 4.79 Å². The average Bonchev–Trinajstić information content (AvgIpc) is 2.75. The van der Waals surface area contributed by atoms with Crippen LogP contribution in [0.15, 0.2) is 82.2 Å². The van der Waals surface area contributed by atoms with Gasteiger partial charge in [-0.2, -0.15) is 0 Å². The maximum Gasteiger partial charge on any atom is 0.235 e. The van der Waals surface area contributed by atoms with Crippen molar-refractivity contribution in [2.75, 3.05) is 0 Å². The van der Waals surface area contributed by atoms with Crippen molar-refractivity contribution in [3.8, 4) is 17.2 Å². The third kappa shape index (κ3) is 4.32. The molecule has 3 aromatic carbocycles. The van der Waals surface area contributed by atoms with E-state index in [2.05, 4.69) is 13.0 Å². The molecule has 0 atom stereocenters. The van der Waals surface area contributed by atoms with Gasteiger partial charge >= 0.3 is 0 Å². The first kappa shape index (κ1) is 18.8. The van der Waals surface area contributed by atoms with Crippen LogP contribution in [0.5, 0.6) is 17.2 Å². The summed E-state index contributed by atoms with van der Waals surface area (Å²) in [5.41, 5.74) is 3.74. The van der Waals surface area contributed by atoms with Crippen LogP contribution < -0.4 is 14.9 Å². The van der Waals surface area contributed by atoms with Crippen LogP contribution in [0, 0.1) is 6.92 Å². The number of benzene rings is 3. The average molecular weight is 386 g/mol. The Labute approximate surface area is 169 Å². The zero-order chi connectivity index (χ0) is 20.2. The molecule has 146 valence electrons. The SMILES string of the molecule is CCc1ccc(Oc2coc3cc(OCc4cccc(C)c4)ccc3c2=O)cc1. The van der Waals surface area contributed by atoms with E-state index in [-0.39, 0.29) is 11.2 Å². The first-order valence-electron chi connectivity index (χ1n) is 9.63. The quantitative estimate of drug-likeness (QED) is 0.406. The molecule has 4 aromatic rings. The van der Waals surface area contributed by atoms with Crippen molar-refractivity contribution in [2.45, 2.75) is 26.9 Å². The Bertz CT molecular complexity index is 1190. The fraction of sp³-hybridized carbons (Fsp3) is 0.160. The Hall–Kier alpha value is -3.53. The van der Waals surface area contributed by atoms with Gasteiger partial charge in [0.05, 0.1) is 5.39 Å². The Balaban J connectivity index is 1.53. The van der Waals surface area contributed by atoms with Crippen LogP contribution in [0.4, 0.5) is 0 Å². The summed E-state index contributed by atoms with van der Waals surface area (Å²) >= 11 is 0. The van der Waals surface area contributed by atoms with Crippen LogP contribution in [0.2, 0.25) is 0 Å². The van der Waals surface area contributed by atoms with Crippen molar-refractivity contribution in [2.24, 2.45) is 0 Å². The molecule has 1 heterocycles. The lowest BCUT2D eigenvalue weighted by atomic mass is 10.1. The monoisotopic (exact) mass is 386 g/mol. The van der Waals surface area contributed by atoms with E-state index in [0.29, 0.717) is 29.1 Å². The molecule has 29 heavy (non-hydrogen) atoms. The van der Waals surface area contributed by atoms with Gasteiger partial charge in [-0.1, -0.05) is 48.9 Å². The molecule has 0 saturated heterocycles. The predicted molar refractivity (Wildman–Crippen MR) is 114 cm³/mol. The highest BCUT2D eigenvalue weighted by atomic mass is 16.5. The van der Waals surface area contributed by atoms with Gasteiger partial charge in [0, 0.05) is 6.07 Å². The zero-order valence-electron chi connectivity index (χ0n) is 16.5. The summed E-state index contributed by atoms with van der Waals surface area (Å²) in [5, 5.41) is 0.454. The normalized spacial score (nSPS) is 10.8. The highest BCUT2D eigenvalue weighted by Crippen LogP contribution is 2.25. The van der Waals surface area contributed by atoms with Gasteiger partial charge in [0.15, 0.2) is 0 Å². The number of fused-ring (bicyclic) bond motifs is 1. The van der Waals surface area contributed by atoms with Crippen LogP contribution in [0.1, 0.15) is 23.6 Å². The molecule has 0 aliphatic heterocycles. The van der Waals surface area contributed by atoms with Crippen LogP contribution in [0.25, 0.3) is 11.0 Å². The fourth-order valence-corrected chi connectivity index (χ4v) is 3.14. The third-order valence-electron chi connectivity index (χ3n) is 4.76. The van der Waals surface area contributed by atoms with Crippen LogP contribution in [-0.2, 0) is 13.0 Å². The maximum atomic E-state index is 12.8. The second kappa shape index (κ2) is 8.23. The molecule has 0 saturated carbocycles. The van der Waals surface area contributed by atoms with E-state index >= 15 is 0 Å². The third-order valence-corrected chi connectivity index (χ3v) is 4.76. The van der Waals surface area contributed by atoms with Crippen LogP contribution >= 0.6 is 0 Å². The summed E-state index contributed by atoms with van der Waals surface area (Å²) in [5.74, 6) is 1.41. The van der Waals surface area contributed by atoms with Gasteiger partial charge in [-0.25, -0.2) is 0 Å². The smallest absolute Gasteiger partial charge is 0.235 e. The van der Waals surface area contributed by atoms with Crippen molar-refractivity contribution >= 4 is 11.0 Å². The number of rotatable bonds is 6. The molecule has 4 rings (SSSR count). The Kier molecular flexibility index (Phi) is 5.34. The molecule has 4 nitrogen and oxygen atoms in total. The minimum absolute atomic E-state index is 0.162. The minimum atomic E-state index is -0.212. The molecule has 0 aliphatic carbocycles. The molecule has 0 aliphatic rings. The molecule has 1 aromatic heterocycles.